The minimum absolute atomic E-state index is 0.886. The van der Waals surface area contributed by atoms with Crippen LogP contribution in [-0.4, -0.2) is 4.57 Å². The van der Waals surface area contributed by atoms with Crippen LogP contribution in [0.25, 0.3) is 10.9 Å². The smallest absolute Gasteiger partial charge is 0.0662 e. The lowest BCUT2D eigenvalue weighted by atomic mass is 10.1. The molecule has 0 spiro atoms. The summed E-state index contributed by atoms with van der Waals surface area (Å²) in [6.07, 6.45) is 4.40. The molecule has 89 valence electrons. The molecule has 1 nitrogen and oxygen atoms in total. The molecule has 0 atom stereocenters. The first-order valence-electron chi connectivity index (χ1n) is 6.40. The summed E-state index contributed by atoms with van der Waals surface area (Å²) in [4.78, 5) is 0. The molecule has 0 saturated carbocycles. The van der Waals surface area contributed by atoms with Gasteiger partial charge in [-0.3, -0.25) is 0 Å². The van der Waals surface area contributed by atoms with Crippen LogP contribution in [0.15, 0.2) is 54.6 Å². The number of nitrogens with zero attached hydrogens (tertiary/aromatic N) is 1. The highest BCUT2D eigenvalue weighted by Crippen LogP contribution is 2.16. The fourth-order valence-electron chi connectivity index (χ4n) is 2.27. The van der Waals surface area contributed by atoms with E-state index in [1.165, 1.54) is 22.0 Å². The summed E-state index contributed by atoms with van der Waals surface area (Å²) in [7, 11) is 0. The van der Waals surface area contributed by atoms with Gasteiger partial charge in [0.25, 0.3) is 0 Å². The minimum Gasteiger partial charge on any atom is -0.335 e. The van der Waals surface area contributed by atoms with E-state index in [0.717, 1.165) is 13.0 Å². The third-order valence-corrected chi connectivity index (χ3v) is 3.38. The minimum atomic E-state index is 0.886. The highest BCUT2D eigenvalue weighted by molar-refractivity contribution is 5.79. The predicted octanol–water partition coefficient (Wildman–Crippen LogP) is 4.05. The third-order valence-electron chi connectivity index (χ3n) is 3.38. The number of para-hydroxylation sites is 1. The van der Waals surface area contributed by atoms with Crippen LogP contribution in [0.1, 0.15) is 18.1 Å². The van der Waals surface area contributed by atoms with Crippen molar-refractivity contribution in [1.29, 1.82) is 0 Å². The summed E-state index contributed by atoms with van der Waals surface area (Å²) in [5, 5.41) is 1.25. The van der Waals surface area contributed by atoms with E-state index in [0.29, 0.717) is 0 Å². The molecule has 0 amide bonds. The van der Waals surface area contributed by atoms with Crippen LogP contribution in [-0.2, 0) is 13.0 Å². The molecular formula is C17H16N. The highest BCUT2D eigenvalue weighted by atomic mass is 14.9. The van der Waals surface area contributed by atoms with Crippen LogP contribution >= 0.6 is 0 Å². The molecule has 0 aliphatic carbocycles. The van der Waals surface area contributed by atoms with Gasteiger partial charge in [-0.05, 0) is 29.7 Å². The van der Waals surface area contributed by atoms with Gasteiger partial charge in [0.15, 0.2) is 0 Å². The fraction of sp³-hybridized carbons (Fsp3) is 0.176. The summed E-state index contributed by atoms with van der Waals surface area (Å²) in [5.74, 6) is 0. The Bertz CT molecular complexity index is 647. The van der Waals surface area contributed by atoms with Gasteiger partial charge in [-0.1, -0.05) is 49.4 Å². The van der Waals surface area contributed by atoms with Crippen LogP contribution in [0.5, 0.6) is 0 Å². The standard InChI is InChI=1S/C17H16N/c1-2-14-7-9-15(10-8-14)13-18-12-11-16-5-3-4-6-17(16)18/h3-11H,2,13H2,1H3. The molecule has 0 unspecified atom stereocenters. The number of aromatic nitrogens is 1. The number of aryl methyl sites for hydroxylation is 1. The fourth-order valence-corrected chi connectivity index (χ4v) is 2.27. The molecule has 0 fully saturated rings. The SMILES string of the molecule is CCc1ccc(Cn2[c]cc3ccccc32)cc1. The molecule has 0 N–H and O–H groups in total. The lowest BCUT2D eigenvalue weighted by Crippen LogP contribution is -1.98. The van der Waals surface area contributed by atoms with Crippen molar-refractivity contribution in [3.63, 3.8) is 0 Å². The lowest BCUT2D eigenvalue weighted by molar-refractivity contribution is 0.829. The molecule has 1 aromatic heterocycles. The number of benzene rings is 2. The zero-order valence-corrected chi connectivity index (χ0v) is 10.6. The summed E-state index contributed by atoms with van der Waals surface area (Å²) in [6.45, 7) is 3.07. The second kappa shape index (κ2) is 4.69. The highest BCUT2D eigenvalue weighted by Gasteiger charge is 2.01. The van der Waals surface area contributed by atoms with Crippen molar-refractivity contribution in [3.05, 3.63) is 71.9 Å². The van der Waals surface area contributed by atoms with E-state index in [2.05, 4.69) is 72.3 Å². The summed E-state index contributed by atoms with van der Waals surface area (Å²) < 4.78 is 2.18. The molecule has 1 heteroatoms. The molecular weight excluding hydrogens is 218 g/mol. The average molecular weight is 234 g/mol. The molecule has 2 aromatic carbocycles. The molecule has 3 aromatic rings. The quantitative estimate of drug-likeness (QED) is 0.644. The van der Waals surface area contributed by atoms with E-state index >= 15 is 0 Å². The monoisotopic (exact) mass is 234 g/mol. The van der Waals surface area contributed by atoms with Gasteiger partial charge in [0.2, 0.25) is 0 Å². The Morgan fingerprint density at radius 1 is 0.944 bits per heavy atom. The Labute approximate surface area is 108 Å². The second-order valence-corrected chi connectivity index (χ2v) is 4.59. The van der Waals surface area contributed by atoms with Gasteiger partial charge in [-0.15, -0.1) is 0 Å². The first kappa shape index (κ1) is 11.1. The Morgan fingerprint density at radius 3 is 2.44 bits per heavy atom. The van der Waals surface area contributed by atoms with Crippen molar-refractivity contribution in [3.8, 4) is 0 Å². The van der Waals surface area contributed by atoms with E-state index in [1.54, 1.807) is 0 Å². The molecule has 0 aliphatic rings. The number of fused-ring (bicyclic) bond motifs is 1. The lowest BCUT2D eigenvalue weighted by Gasteiger charge is -2.06. The second-order valence-electron chi connectivity index (χ2n) is 4.59. The zero-order chi connectivity index (χ0) is 12.4. The topological polar surface area (TPSA) is 4.93 Å². The van der Waals surface area contributed by atoms with Crippen LogP contribution in [0.3, 0.4) is 0 Å². The number of hydrogen-bond donors (Lipinski definition) is 0. The van der Waals surface area contributed by atoms with Crippen molar-refractivity contribution >= 4 is 10.9 Å². The number of hydrogen-bond acceptors (Lipinski definition) is 0. The maximum atomic E-state index is 3.31. The summed E-state index contributed by atoms with van der Waals surface area (Å²) in [5.41, 5.74) is 3.96. The summed E-state index contributed by atoms with van der Waals surface area (Å²) in [6, 6.07) is 19.3. The van der Waals surface area contributed by atoms with Crippen molar-refractivity contribution in [1.82, 2.24) is 4.57 Å². The largest absolute Gasteiger partial charge is 0.335 e. The third kappa shape index (κ3) is 2.04. The molecule has 0 bridgehead atoms. The molecule has 1 heterocycles. The van der Waals surface area contributed by atoms with Crippen molar-refractivity contribution in [2.24, 2.45) is 0 Å². The molecule has 18 heavy (non-hydrogen) atoms. The van der Waals surface area contributed by atoms with Crippen LogP contribution in [0.4, 0.5) is 0 Å². The molecule has 3 rings (SSSR count). The van der Waals surface area contributed by atoms with Crippen LogP contribution in [0, 0.1) is 6.20 Å². The zero-order valence-electron chi connectivity index (χ0n) is 10.6. The van der Waals surface area contributed by atoms with Crippen LogP contribution < -0.4 is 0 Å². The average Bonchev–Trinajstić information content (AvgIpc) is 2.83. The maximum Gasteiger partial charge on any atom is 0.0662 e. The Balaban J connectivity index is 1.91. The first-order valence-corrected chi connectivity index (χ1v) is 6.40. The Kier molecular flexibility index (Phi) is 2.89. The molecule has 0 saturated heterocycles. The van der Waals surface area contributed by atoms with Gasteiger partial charge in [-0.2, -0.15) is 0 Å². The van der Waals surface area contributed by atoms with E-state index in [4.69, 9.17) is 0 Å². The van der Waals surface area contributed by atoms with Gasteiger partial charge in [-0.25, -0.2) is 0 Å². The van der Waals surface area contributed by atoms with Gasteiger partial charge < -0.3 is 4.57 Å². The van der Waals surface area contributed by atoms with Crippen molar-refractivity contribution < 1.29 is 0 Å². The van der Waals surface area contributed by atoms with E-state index < -0.39 is 0 Å². The Morgan fingerprint density at radius 2 is 1.67 bits per heavy atom. The van der Waals surface area contributed by atoms with E-state index in [-0.39, 0.29) is 0 Å². The number of rotatable bonds is 3. The van der Waals surface area contributed by atoms with Gasteiger partial charge in [0, 0.05) is 17.4 Å². The van der Waals surface area contributed by atoms with E-state index in [1.807, 2.05) is 0 Å². The van der Waals surface area contributed by atoms with E-state index in [9.17, 15) is 0 Å². The normalized spacial score (nSPS) is 10.9. The first-order chi connectivity index (χ1) is 8.86. The molecule has 0 aliphatic heterocycles. The van der Waals surface area contributed by atoms with Crippen molar-refractivity contribution in [2.45, 2.75) is 19.9 Å². The maximum absolute atomic E-state index is 3.31. The Hall–Kier alpha value is -2.02. The summed E-state index contributed by atoms with van der Waals surface area (Å²) >= 11 is 0. The van der Waals surface area contributed by atoms with Gasteiger partial charge in [0.05, 0.1) is 6.20 Å². The van der Waals surface area contributed by atoms with Gasteiger partial charge >= 0.3 is 0 Å². The van der Waals surface area contributed by atoms with Crippen LogP contribution in [0.2, 0.25) is 0 Å². The van der Waals surface area contributed by atoms with Gasteiger partial charge in [0.1, 0.15) is 0 Å². The van der Waals surface area contributed by atoms with Crippen molar-refractivity contribution in [2.75, 3.05) is 0 Å². The predicted molar refractivity (Wildman–Crippen MR) is 75.7 cm³/mol. The molecule has 1 radical (unpaired) electrons.